The molecule has 2 aromatic carbocycles. The van der Waals surface area contributed by atoms with Crippen molar-refractivity contribution in [1.29, 1.82) is 0 Å². The number of alkyl halides is 3. The minimum atomic E-state index is -4.78. The number of aliphatic hydroxyl groups is 1. The number of fused-ring (bicyclic) bond motifs is 1. The van der Waals surface area contributed by atoms with Gasteiger partial charge < -0.3 is 34.5 Å². The Morgan fingerprint density at radius 1 is 1.02 bits per heavy atom. The van der Waals surface area contributed by atoms with Crippen LogP contribution in [-0.4, -0.2) is 54.3 Å². The average molecular weight is 660 g/mol. The summed E-state index contributed by atoms with van der Waals surface area (Å²) in [7, 11) is -1.71. The SMILES string of the molecule is CCOP(=O)(Cc1ccc(Nc2ncc(C(F)(F)F)c(Nc3ccc(-c4ccn(CCO)n4)c4cn(C)c(O)c34)n2)cc1)OCC. The molecular weight excluding hydrogens is 626 g/mol. The molecule has 3 aromatic heterocycles. The van der Waals surface area contributed by atoms with Crippen LogP contribution in [0, 0.1) is 0 Å². The molecule has 0 aliphatic heterocycles. The van der Waals surface area contributed by atoms with Crippen molar-refractivity contribution in [3.63, 3.8) is 0 Å². The van der Waals surface area contributed by atoms with Crippen molar-refractivity contribution in [3.8, 4) is 17.1 Å². The van der Waals surface area contributed by atoms with Crippen LogP contribution in [0.3, 0.4) is 0 Å². The Morgan fingerprint density at radius 2 is 1.74 bits per heavy atom. The van der Waals surface area contributed by atoms with Gasteiger partial charge in [-0.1, -0.05) is 12.1 Å². The van der Waals surface area contributed by atoms with Crippen molar-refractivity contribution >= 4 is 41.5 Å². The van der Waals surface area contributed by atoms with Gasteiger partial charge in [-0.3, -0.25) is 9.25 Å². The highest BCUT2D eigenvalue weighted by molar-refractivity contribution is 7.53. The molecule has 0 saturated heterocycles. The Labute approximate surface area is 262 Å². The van der Waals surface area contributed by atoms with E-state index in [4.69, 9.17) is 9.05 Å². The fourth-order valence-electron chi connectivity index (χ4n) is 4.93. The Balaban J connectivity index is 1.46. The number of aromatic hydroxyl groups is 1. The molecule has 5 aromatic rings. The lowest BCUT2D eigenvalue weighted by molar-refractivity contribution is -0.137. The number of anilines is 4. The second-order valence-corrected chi connectivity index (χ2v) is 12.3. The molecular formula is C30H33F3N7O5P. The zero-order valence-electron chi connectivity index (χ0n) is 25.2. The van der Waals surface area contributed by atoms with Gasteiger partial charge in [-0.15, -0.1) is 0 Å². The van der Waals surface area contributed by atoms with Gasteiger partial charge in [0.25, 0.3) is 0 Å². The van der Waals surface area contributed by atoms with E-state index in [9.17, 15) is 27.9 Å². The summed E-state index contributed by atoms with van der Waals surface area (Å²) >= 11 is 0. The monoisotopic (exact) mass is 659 g/mol. The Bertz CT molecular complexity index is 1870. The number of halogens is 3. The van der Waals surface area contributed by atoms with E-state index in [1.807, 2.05) is 0 Å². The molecule has 0 aliphatic carbocycles. The summed E-state index contributed by atoms with van der Waals surface area (Å²) in [4.78, 5) is 8.02. The Kier molecular flexibility index (Phi) is 9.68. The number of rotatable bonds is 13. The first kappa shape index (κ1) is 32.9. The van der Waals surface area contributed by atoms with E-state index >= 15 is 0 Å². The number of hydrogen-bond acceptors (Lipinski definition) is 10. The second-order valence-electron chi connectivity index (χ2n) is 10.2. The van der Waals surface area contributed by atoms with Crippen LogP contribution in [0.5, 0.6) is 5.88 Å². The third-order valence-corrected chi connectivity index (χ3v) is 9.01. The quantitative estimate of drug-likeness (QED) is 0.0995. The van der Waals surface area contributed by atoms with E-state index < -0.39 is 25.2 Å². The number of nitrogens with zero attached hydrogens (tertiary/aromatic N) is 5. The van der Waals surface area contributed by atoms with Gasteiger partial charge >= 0.3 is 13.8 Å². The summed E-state index contributed by atoms with van der Waals surface area (Å²) in [6, 6.07) is 11.7. The molecule has 244 valence electrons. The summed E-state index contributed by atoms with van der Waals surface area (Å²) in [6.07, 6.45) is -0.695. The second kappa shape index (κ2) is 13.5. The maximum Gasteiger partial charge on any atom is 0.421 e. The highest BCUT2D eigenvalue weighted by Crippen LogP contribution is 2.51. The van der Waals surface area contributed by atoms with Gasteiger partial charge in [-0.2, -0.15) is 23.3 Å². The number of aryl methyl sites for hydroxylation is 1. The molecule has 0 spiro atoms. The smallest absolute Gasteiger partial charge is 0.421 e. The van der Waals surface area contributed by atoms with Crippen LogP contribution in [0.2, 0.25) is 0 Å². The molecule has 46 heavy (non-hydrogen) atoms. The van der Waals surface area contributed by atoms with Crippen LogP contribution in [0.25, 0.3) is 22.0 Å². The molecule has 0 atom stereocenters. The molecule has 3 heterocycles. The molecule has 0 unspecified atom stereocenters. The molecule has 16 heteroatoms. The van der Waals surface area contributed by atoms with Crippen molar-refractivity contribution in [1.82, 2.24) is 24.3 Å². The Morgan fingerprint density at radius 3 is 2.39 bits per heavy atom. The van der Waals surface area contributed by atoms with Gasteiger partial charge in [0.1, 0.15) is 11.4 Å². The molecule has 0 bridgehead atoms. The number of nitrogens with one attached hydrogen (secondary N) is 2. The van der Waals surface area contributed by atoms with Gasteiger partial charge in [-0.25, -0.2) is 4.98 Å². The molecule has 12 nitrogen and oxygen atoms in total. The van der Waals surface area contributed by atoms with Crippen molar-refractivity contribution in [2.75, 3.05) is 30.5 Å². The van der Waals surface area contributed by atoms with Gasteiger partial charge in [-0.05, 0) is 49.7 Å². The molecule has 0 radical (unpaired) electrons. The fraction of sp³-hybridized carbons (Fsp3) is 0.300. The maximum atomic E-state index is 14.1. The van der Waals surface area contributed by atoms with E-state index in [0.29, 0.717) is 40.6 Å². The van der Waals surface area contributed by atoms with Gasteiger partial charge in [0, 0.05) is 42.3 Å². The van der Waals surface area contributed by atoms with Crippen molar-refractivity contribution in [2.24, 2.45) is 7.05 Å². The van der Waals surface area contributed by atoms with Crippen molar-refractivity contribution in [3.05, 3.63) is 72.2 Å². The zero-order valence-corrected chi connectivity index (χ0v) is 26.1. The van der Waals surface area contributed by atoms with Gasteiger partial charge in [0.05, 0.1) is 49.3 Å². The van der Waals surface area contributed by atoms with E-state index in [-0.39, 0.29) is 48.9 Å². The van der Waals surface area contributed by atoms with E-state index in [2.05, 4.69) is 25.7 Å². The summed E-state index contributed by atoms with van der Waals surface area (Å²) in [6.45, 7) is 4.11. The molecule has 0 saturated carbocycles. The van der Waals surface area contributed by atoms with E-state index in [0.717, 1.165) is 0 Å². The first-order chi connectivity index (χ1) is 21.9. The molecule has 4 N–H and O–H groups in total. The first-order valence-electron chi connectivity index (χ1n) is 14.4. The van der Waals surface area contributed by atoms with Crippen LogP contribution in [0.1, 0.15) is 25.0 Å². The third-order valence-electron chi connectivity index (χ3n) is 6.96. The third kappa shape index (κ3) is 7.18. The lowest BCUT2D eigenvalue weighted by Gasteiger charge is -2.17. The minimum absolute atomic E-state index is 0.0595. The van der Waals surface area contributed by atoms with E-state index in [1.165, 1.54) is 4.57 Å². The summed E-state index contributed by atoms with van der Waals surface area (Å²) in [5.74, 6) is -0.814. The van der Waals surface area contributed by atoms with Gasteiger partial charge in [0.15, 0.2) is 0 Å². The molecule has 0 amide bonds. The Hall–Kier alpha value is -4.43. The highest BCUT2D eigenvalue weighted by atomic mass is 31.2. The average Bonchev–Trinajstić information content (AvgIpc) is 3.58. The lowest BCUT2D eigenvalue weighted by Crippen LogP contribution is -2.12. The zero-order chi connectivity index (χ0) is 33.1. The lowest BCUT2D eigenvalue weighted by atomic mass is 10.0. The van der Waals surface area contributed by atoms with Crippen LogP contribution < -0.4 is 10.6 Å². The number of aliphatic hydroxyl groups excluding tert-OH is 1. The van der Waals surface area contributed by atoms with Crippen LogP contribution in [0.15, 0.2) is 61.1 Å². The normalized spacial score (nSPS) is 12.2. The van der Waals surface area contributed by atoms with Crippen LogP contribution >= 0.6 is 7.60 Å². The topological polar surface area (TPSA) is 149 Å². The highest BCUT2D eigenvalue weighted by Gasteiger charge is 2.36. The summed E-state index contributed by atoms with van der Waals surface area (Å²) in [5, 5.41) is 31.1. The van der Waals surface area contributed by atoms with Gasteiger partial charge in [0.2, 0.25) is 11.8 Å². The predicted octanol–water partition coefficient (Wildman–Crippen LogP) is 6.80. The van der Waals surface area contributed by atoms with E-state index in [1.54, 1.807) is 80.4 Å². The van der Waals surface area contributed by atoms with Crippen molar-refractivity contribution in [2.45, 2.75) is 32.7 Å². The van der Waals surface area contributed by atoms with Crippen LogP contribution in [-0.2, 0) is 39.5 Å². The van der Waals surface area contributed by atoms with Crippen molar-refractivity contribution < 1.29 is 37.0 Å². The standard InChI is InChI=1S/C30H33F3N7O5P/c1-4-44-46(43,45-5-2)18-19-6-8-20(9-7-19)35-29-34-16-23(30(31,32)33)27(37-29)36-25-11-10-21(22-17-39(3)28(42)26(22)25)24-12-13-40(38-24)14-15-41/h6-13,16-17,41-42H,4-5,14-15,18H2,1-3H3,(H2,34,35,36,37). The van der Waals surface area contributed by atoms with Crippen LogP contribution in [0.4, 0.5) is 36.3 Å². The first-order valence-corrected chi connectivity index (χ1v) is 16.1. The maximum absolute atomic E-state index is 14.1. The fourth-order valence-corrected chi connectivity index (χ4v) is 6.63. The summed E-state index contributed by atoms with van der Waals surface area (Å²) < 4.78 is 68.8. The molecule has 0 fully saturated rings. The molecule has 5 rings (SSSR count). The summed E-state index contributed by atoms with van der Waals surface area (Å²) in [5.41, 5.74) is 1.43. The number of benzene rings is 2. The predicted molar refractivity (Wildman–Crippen MR) is 167 cm³/mol. The minimum Gasteiger partial charge on any atom is -0.494 e. The largest absolute Gasteiger partial charge is 0.494 e. The number of aromatic nitrogens is 5. The molecule has 0 aliphatic rings. The number of hydrogen-bond donors (Lipinski definition) is 4.